The third kappa shape index (κ3) is 7.26. The monoisotopic (exact) mass is 229 g/mol. The molecule has 16 heavy (non-hydrogen) atoms. The number of hydrogen-bond donors (Lipinski definition) is 1. The molecule has 4 heteroatoms. The first-order valence-corrected chi connectivity index (χ1v) is 5.82. The van der Waals surface area contributed by atoms with Crippen molar-refractivity contribution in [3.8, 4) is 0 Å². The molecule has 0 aliphatic rings. The van der Waals surface area contributed by atoms with E-state index in [4.69, 9.17) is 0 Å². The number of hydrogen-bond acceptors (Lipinski definition) is 3. The number of rotatable bonds is 7. The molecule has 0 radical (unpaired) electrons. The summed E-state index contributed by atoms with van der Waals surface area (Å²) in [4.78, 5) is 22.2. The molecular weight excluding hydrogens is 206 g/mol. The lowest BCUT2D eigenvalue weighted by atomic mass is 10.0. The summed E-state index contributed by atoms with van der Waals surface area (Å²) >= 11 is 0. The van der Waals surface area contributed by atoms with Crippen LogP contribution >= 0.6 is 0 Å². The fourth-order valence-electron chi connectivity index (χ4n) is 1.54. The van der Waals surface area contributed by atoms with Crippen molar-refractivity contribution in [1.82, 2.24) is 5.32 Å². The summed E-state index contributed by atoms with van der Waals surface area (Å²) in [6, 6.07) is -0.491. The molecule has 0 aromatic heterocycles. The molecule has 0 rings (SSSR count). The smallest absolute Gasteiger partial charge is 0.328 e. The van der Waals surface area contributed by atoms with Gasteiger partial charge in [-0.05, 0) is 12.3 Å². The molecule has 1 amide bonds. The van der Waals surface area contributed by atoms with Gasteiger partial charge >= 0.3 is 5.97 Å². The average Bonchev–Trinajstić information content (AvgIpc) is 2.20. The van der Waals surface area contributed by atoms with Gasteiger partial charge in [0.05, 0.1) is 7.11 Å². The first kappa shape index (κ1) is 14.9. The molecule has 0 bridgehead atoms. The van der Waals surface area contributed by atoms with Gasteiger partial charge in [-0.1, -0.05) is 33.1 Å². The van der Waals surface area contributed by atoms with Gasteiger partial charge < -0.3 is 10.1 Å². The lowest BCUT2D eigenvalue weighted by Gasteiger charge is -2.15. The van der Waals surface area contributed by atoms with E-state index in [1.807, 2.05) is 0 Å². The molecule has 0 heterocycles. The van der Waals surface area contributed by atoms with E-state index in [1.165, 1.54) is 14.0 Å². The fourth-order valence-corrected chi connectivity index (χ4v) is 1.54. The maximum absolute atomic E-state index is 11.3. The Bertz CT molecular complexity index is 226. The number of nitrogens with one attached hydrogen (secondary N) is 1. The van der Waals surface area contributed by atoms with Gasteiger partial charge in [0.1, 0.15) is 6.04 Å². The molecule has 0 aromatic rings. The molecule has 1 atom stereocenters. The fraction of sp³-hybridized carbons (Fsp3) is 0.833. The summed E-state index contributed by atoms with van der Waals surface area (Å²) in [7, 11) is 1.34. The molecule has 0 aromatic carbocycles. The lowest BCUT2D eigenvalue weighted by molar-refractivity contribution is -0.145. The standard InChI is InChI=1S/C12H23NO3/c1-9(2)7-5-6-8-11(12(15)16-4)13-10(3)14/h9,11H,5-8H2,1-4H3,(H,13,14). The van der Waals surface area contributed by atoms with Crippen molar-refractivity contribution in [3.63, 3.8) is 0 Å². The highest BCUT2D eigenvalue weighted by Crippen LogP contribution is 2.10. The zero-order valence-corrected chi connectivity index (χ0v) is 10.7. The van der Waals surface area contributed by atoms with Gasteiger partial charge in [0.25, 0.3) is 0 Å². The second-order valence-corrected chi connectivity index (χ2v) is 4.45. The number of carbonyl (C=O) groups is 2. The molecule has 1 N–H and O–H groups in total. The van der Waals surface area contributed by atoms with E-state index in [1.54, 1.807) is 0 Å². The number of carbonyl (C=O) groups excluding carboxylic acids is 2. The molecule has 4 nitrogen and oxygen atoms in total. The van der Waals surface area contributed by atoms with Crippen LogP contribution in [0.3, 0.4) is 0 Å². The largest absolute Gasteiger partial charge is 0.467 e. The summed E-state index contributed by atoms with van der Waals surface area (Å²) in [5.74, 6) is 0.122. The molecule has 0 aliphatic carbocycles. The van der Waals surface area contributed by atoms with E-state index < -0.39 is 6.04 Å². The minimum Gasteiger partial charge on any atom is -0.467 e. The summed E-state index contributed by atoms with van der Waals surface area (Å²) in [6.45, 7) is 5.75. The van der Waals surface area contributed by atoms with Crippen molar-refractivity contribution in [2.75, 3.05) is 7.11 Å². The highest BCUT2D eigenvalue weighted by molar-refractivity contribution is 5.83. The zero-order chi connectivity index (χ0) is 12.6. The van der Waals surface area contributed by atoms with E-state index in [2.05, 4.69) is 23.9 Å². The highest BCUT2D eigenvalue weighted by Gasteiger charge is 2.19. The van der Waals surface area contributed by atoms with Crippen molar-refractivity contribution in [1.29, 1.82) is 0 Å². The van der Waals surface area contributed by atoms with E-state index in [0.29, 0.717) is 12.3 Å². The number of unbranched alkanes of at least 4 members (excludes halogenated alkanes) is 1. The Labute approximate surface area is 97.7 Å². The van der Waals surface area contributed by atoms with Crippen LogP contribution in [0, 0.1) is 5.92 Å². The van der Waals surface area contributed by atoms with Gasteiger partial charge in [-0.3, -0.25) is 4.79 Å². The van der Waals surface area contributed by atoms with Gasteiger partial charge in [0.15, 0.2) is 0 Å². The van der Waals surface area contributed by atoms with Crippen LogP contribution in [-0.2, 0) is 14.3 Å². The van der Waals surface area contributed by atoms with Gasteiger partial charge in [-0.25, -0.2) is 4.79 Å². The molecule has 1 unspecified atom stereocenters. The first-order valence-electron chi connectivity index (χ1n) is 5.82. The van der Waals surface area contributed by atoms with Crippen LogP contribution in [-0.4, -0.2) is 25.0 Å². The Kier molecular flexibility index (Phi) is 7.60. The van der Waals surface area contributed by atoms with Gasteiger partial charge in [-0.2, -0.15) is 0 Å². The van der Waals surface area contributed by atoms with Gasteiger partial charge in [0, 0.05) is 6.92 Å². The minimum absolute atomic E-state index is 0.195. The van der Waals surface area contributed by atoms with Crippen LogP contribution in [0.25, 0.3) is 0 Å². The number of ether oxygens (including phenoxy) is 1. The van der Waals surface area contributed by atoms with Crippen LogP contribution in [0.4, 0.5) is 0 Å². The molecule has 0 aliphatic heterocycles. The first-order chi connectivity index (χ1) is 7.47. The van der Waals surface area contributed by atoms with Crippen molar-refractivity contribution < 1.29 is 14.3 Å². The Morgan fingerprint density at radius 1 is 1.19 bits per heavy atom. The molecule has 0 saturated heterocycles. The number of methoxy groups -OCH3 is 1. The molecular formula is C12H23NO3. The van der Waals surface area contributed by atoms with Crippen molar-refractivity contribution in [3.05, 3.63) is 0 Å². The quantitative estimate of drug-likeness (QED) is 0.535. The minimum atomic E-state index is -0.491. The molecule has 94 valence electrons. The normalized spacial score (nSPS) is 12.3. The maximum atomic E-state index is 11.3. The molecule has 0 spiro atoms. The van der Waals surface area contributed by atoms with E-state index in [-0.39, 0.29) is 11.9 Å². The van der Waals surface area contributed by atoms with Gasteiger partial charge in [0.2, 0.25) is 5.91 Å². The van der Waals surface area contributed by atoms with Crippen LogP contribution < -0.4 is 5.32 Å². The third-order valence-electron chi connectivity index (χ3n) is 2.39. The number of esters is 1. The summed E-state index contributed by atoms with van der Waals surface area (Å²) < 4.78 is 4.64. The topological polar surface area (TPSA) is 55.4 Å². The third-order valence-corrected chi connectivity index (χ3v) is 2.39. The highest BCUT2D eigenvalue weighted by atomic mass is 16.5. The molecule has 0 fully saturated rings. The zero-order valence-electron chi connectivity index (χ0n) is 10.7. The van der Waals surface area contributed by atoms with Crippen LogP contribution in [0.15, 0.2) is 0 Å². The summed E-state index contributed by atoms with van der Waals surface area (Å²) in [5.41, 5.74) is 0. The van der Waals surface area contributed by atoms with E-state index >= 15 is 0 Å². The predicted octanol–water partition coefficient (Wildman–Crippen LogP) is 1.88. The van der Waals surface area contributed by atoms with Crippen molar-refractivity contribution in [2.24, 2.45) is 5.92 Å². The Morgan fingerprint density at radius 3 is 2.19 bits per heavy atom. The SMILES string of the molecule is COC(=O)C(CCCCC(C)C)NC(C)=O. The van der Waals surface area contributed by atoms with Gasteiger partial charge in [-0.15, -0.1) is 0 Å². The second-order valence-electron chi connectivity index (χ2n) is 4.45. The predicted molar refractivity (Wildman–Crippen MR) is 62.9 cm³/mol. The Morgan fingerprint density at radius 2 is 1.75 bits per heavy atom. The molecule has 0 saturated carbocycles. The van der Waals surface area contributed by atoms with Crippen molar-refractivity contribution >= 4 is 11.9 Å². The average molecular weight is 229 g/mol. The van der Waals surface area contributed by atoms with Crippen molar-refractivity contribution in [2.45, 2.75) is 52.5 Å². The Balaban J connectivity index is 3.92. The van der Waals surface area contributed by atoms with Crippen LogP contribution in [0.1, 0.15) is 46.5 Å². The van der Waals surface area contributed by atoms with Crippen LogP contribution in [0.2, 0.25) is 0 Å². The summed E-state index contributed by atoms with van der Waals surface area (Å²) in [5, 5.41) is 2.61. The Hall–Kier alpha value is -1.06. The van der Waals surface area contributed by atoms with Crippen LogP contribution in [0.5, 0.6) is 0 Å². The lowest BCUT2D eigenvalue weighted by Crippen LogP contribution is -2.40. The van der Waals surface area contributed by atoms with E-state index in [0.717, 1.165) is 19.3 Å². The summed E-state index contributed by atoms with van der Waals surface area (Å²) in [6.07, 6.45) is 3.80. The van der Waals surface area contributed by atoms with E-state index in [9.17, 15) is 9.59 Å². The number of amides is 1. The second kappa shape index (κ2) is 8.13. The maximum Gasteiger partial charge on any atom is 0.328 e.